The number of carbonyl (C=O) groups excluding carboxylic acids is 2. The lowest BCUT2D eigenvalue weighted by molar-refractivity contribution is -0.131. The van der Waals surface area contributed by atoms with Crippen LogP contribution in [0.25, 0.3) is 0 Å². The average Bonchev–Trinajstić information content (AvgIpc) is 3.65. The first-order valence-electron chi connectivity index (χ1n) is 11.5. The van der Waals surface area contributed by atoms with E-state index in [4.69, 9.17) is 4.74 Å². The van der Waals surface area contributed by atoms with Crippen molar-refractivity contribution in [1.29, 1.82) is 0 Å². The minimum atomic E-state index is 0.165. The molecule has 30 heavy (non-hydrogen) atoms. The second-order valence-electron chi connectivity index (χ2n) is 9.13. The van der Waals surface area contributed by atoms with Crippen LogP contribution in [0.4, 0.5) is 0 Å². The molecule has 3 fully saturated rings. The van der Waals surface area contributed by atoms with Gasteiger partial charge in [-0.1, -0.05) is 12.1 Å². The van der Waals surface area contributed by atoms with Crippen molar-refractivity contribution in [1.82, 2.24) is 15.1 Å². The van der Waals surface area contributed by atoms with E-state index in [2.05, 4.69) is 10.2 Å². The van der Waals surface area contributed by atoms with Crippen molar-refractivity contribution in [3.8, 4) is 5.75 Å². The van der Waals surface area contributed by atoms with E-state index in [-0.39, 0.29) is 11.8 Å². The molecule has 1 aromatic rings. The fourth-order valence-electron chi connectivity index (χ4n) is 4.55. The van der Waals surface area contributed by atoms with Crippen LogP contribution in [0.2, 0.25) is 0 Å². The second-order valence-corrected chi connectivity index (χ2v) is 9.13. The van der Waals surface area contributed by atoms with Gasteiger partial charge in [-0.25, -0.2) is 0 Å². The topological polar surface area (TPSA) is 61.9 Å². The van der Waals surface area contributed by atoms with Crippen molar-refractivity contribution in [3.63, 3.8) is 0 Å². The first-order valence-corrected chi connectivity index (χ1v) is 11.5. The van der Waals surface area contributed by atoms with Crippen LogP contribution in [-0.2, 0) is 16.0 Å². The molecule has 0 bridgehead atoms. The van der Waals surface area contributed by atoms with Gasteiger partial charge in [0.1, 0.15) is 5.75 Å². The molecule has 6 nitrogen and oxygen atoms in total. The van der Waals surface area contributed by atoms with Gasteiger partial charge in [0.15, 0.2) is 0 Å². The lowest BCUT2D eigenvalue weighted by Gasteiger charge is -2.23. The molecule has 6 heteroatoms. The van der Waals surface area contributed by atoms with Crippen LogP contribution in [0, 0.1) is 11.8 Å². The molecular weight excluding hydrogens is 378 g/mol. The number of nitrogens with zero attached hydrogens (tertiary/aromatic N) is 2. The maximum Gasteiger partial charge on any atom is 0.234 e. The lowest BCUT2D eigenvalue weighted by Crippen LogP contribution is -2.45. The Labute approximate surface area is 179 Å². The molecule has 2 saturated carbocycles. The van der Waals surface area contributed by atoms with Crippen molar-refractivity contribution >= 4 is 11.8 Å². The van der Waals surface area contributed by atoms with Crippen LogP contribution in [0.5, 0.6) is 5.75 Å². The third kappa shape index (κ3) is 5.97. The maximum absolute atomic E-state index is 12.7. The van der Waals surface area contributed by atoms with Crippen molar-refractivity contribution in [2.45, 2.75) is 51.0 Å². The number of amides is 2. The van der Waals surface area contributed by atoms with Gasteiger partial charge >= 0.3 is 0 Å². The molecule has 0 radical (unpaired) electrons. The van der Waals surface area contributed by atoms with Crippen LogP contribution in [0.1, 0.15) is 44.1 Å². The standard InChI is InChI=1S/C24H35N3O3/c1-30-21-10-3-18(4-11-21)5-12-23(29)27-14-2-13-26(15-16-27)17-22(28)25-24(19-6-7-19)20-8-9-20/h3-4,10-11,19-20,24H,2,5-9,12-17H2,1H3,(H,25,28). The number of hydrogen-bond acceptors (Lipinski definition) is 4. The predicted octanol–water partition coefficient (Wildman–Crippen LogP) is 2.47. The highest BCUT2D eigenvalue weighted by Gasteiger charge is 2.42. The number of benzene rings is 1. The third-order valence-electron chi connectivity index (χ3n) is 6.68. The van der Waals surface area contributed by atoms with Gasteiger partial charge in [-0.05, 0) is 68.1 Å². The Morgan fingerprint density at radius 2 is 1.73 bits per heavy atom. The van der Waals surface area contributed by atoms with Gasteiger partial charge in [0, 0.05) is 38.6 Å². The van der Waals surface area contributed by atoms with E-state index in [0.29, 0.717) is 25.6 Å². The van der Waals surface area contributed by atoms with Crippen molar-refractivity contribution in [2.75, 3.05) is 39.8 Å². The first kappa shape index (κ1) is 21.2. The molecule has 2 aliphatic carbocycles. The van der Waals surface area contributed by atoms with E-state index >= 15 is 0 Å². The number of ether oxygens (including phenoxy) is 1. The van der Waals surface area contributed by atoms with Gasteiger partial charge in [0.2, 0.25) is 11.8 Å². The summed E-state index contributed by atoms with van der Waals surface area (Å²) in [6, 6.07) is 8.33. The molecule has 0 unspecified atom stereocenters. The summed E-state index contributed by atoms with van der Waals surface area (Å²) in [6.07, 6.45) is 7.30. The van der Waals surface area contributed by atoms with Crippen LogP contribution < -0.4 is 10.1 Å². The SMILES string of the molecule is COc1ccc(CCC(=O)N2CCCN(CC(=O)NC(C3CC3)C3CC3)CC2)cc1. The number of nitrogens with one attached hydrogen (secondary N) is 1. The number of hydrogen-bond donors (Lipinski definition) is 1. The summed E-state index contributed by atoms with van der Waals surface area (Å²) in [6.45, 7) is 3.62. The largest absolute Gasteiger partial charge is 0.497 e. The molecule has 1 aliphatic heterocycles. The summed E-state index contributed by atoms with van der Waals surface area (Å²) >= 11 is 0. The quantitative estimate of drug-likeness (QED) is 0.676. The summed E-state index contributed by atoms with van der Waals surface area (Å²) in [5, 5.41) is 3.32. The molecule has 1 saturated heterocycles. The molecule has 4 rings (SSSR count). The fraction of sp³-hybridized carbons (Fsp3) is 0.667. The number of aryl methyl sites for hydroxylation is 1. The molecule has 0 spiro atoms. The van der Waals surface area contributed by atoms with E-state index in [0.717, 1.165) is 55.6 Å². The first-order chi connectivity index (χ1) is 14.6. The van der Waals surface area contributed by atoms with Gasteiger partial charge in [0.25, 0.3) is 0 Å². The minimum absolute atomic E-state index is 0.165. The summed E-state index contributed by atoms with van der Waals surface area (Å²) in [5.41, 5.74) is 1.15. The van der Waals surface area contributed by atoms with E-state index in [1.165, 1.54) is 25.7 Å². The molecular formula is C24H35N3O3. The number of methoxy groups -OCH3 is 1. The average molecular weight is 414 g/mol. The smallest absolute Gasteiger partial charge is 0.234 e. The van der Waals surface area contributed by atoms with Gasteiger partial charge in [-0.2, -0.15) is 0 Å². The Kier molecular flexibility index (Phi) is 6.93. The highest BCUT2D eigenvalue weighted by Crippen LogP contribution is 2.44. The molecule has 1 aromatic carbocycles. The van der Waals surface area contributed by atoms with E-state index < -0.39 is 0 Å². The highest BCUT2D eigenvalue weighted by molar-refractivity contribution is 5.78. The van der Waals surface area contributed by atoms with Crippen molar-refractivity contribution in [2.24, 2.45) is 11.8 Å². The lowest BCUT2D eigenvalue weighted by atomic mass is 10.1. The zero-order valence-corrected chi connectivity index (χ0v) is 18.1. The summed E-state index contributed by atoms with van der Waals surface area (Å²) < 4.78 is 5.18. The van der Waals surface area contributed by atoms with Crippen molar-refractivity contribution < 1.29 is 14.3 Å². The molecule has 164 valence electrons. The minimum Gasteiger partial charge on any atom is -0.497 e. The van der Waals surface area contributed by atoms with Crippen LogP contribution >= 0.6 is 0 Å². The Balaban J connectivity index is 1.19. The monoisotopic (exact) mass is 413 g/mol. The van der Waals surface area contributed by atoms with Gasteiger partial charge in [0.05, 0.1) is 13.7 Å². The van der Waals surface area contributed by atoms with Gasteiger partial charge < -0.3 is 15.0 Å². The predicted molar refractivity (Wildman–Crippen MR) is 116 cm³/mol. The molecule has 1 heterocycles. The molecule has 3 aliphatic rings. The fourth-order valence-corrected chi connectivity index (χ4v) is 4.55. The van der Waals surface area contributed by atoms with E-state index in [1.807, 2.05) is 29.2 Å². The Bertz CT molecular complexity index is 716. The van der Waals surface area contributed by atoms with Crippen molar-refractivity contribution in [3.05, 3.63) is 29.8 Å². The van der Waals surface area contributed by atoms with Crippen LogP contribution in [0.3, 0.4) is 0 Å². The van der Waals surface area contributed by atoms with E-state index in [1.54, 1.807) is 7.11 Å². The molecule has 0 aromatic heterocycles. The van der Waals surface area contributed by atoms with Gasteiger partial charge in [-0.15, -0.1) is 0 Å². The molecule has 0 atom stereocenters. The second kappa shape index (κ2) is 9.82. The van der Waals surface area contributed by atoms with Crippen LogP contribution in [0.15, 0.2) is 24.3 Å². The zero-order chi connectivity index (χ0) is 20.9. The summed E-state index contributed by atoms with van der Waals surface area (Å²) in [7, 11) is 1.66. The Hall–Kier alpha value is -2.08. The van der Waals surface area contributed by atoms with Gasteiger partial charge in [-0.3, -0.25) is 14.5 Å². The maximum atomic E-state index is 12.7. The Morgan fingerprint density at radius 3 is 2.37 bits per heavy atom. The highest BCUT2D eigenvalue weighted by atomic mass is 16.5. The number of rotatable bonds is 9. The third-order valence-corrected chi connectivity index (χ3v) is 6.68. The summed E-state index contributed by atoms with van der Waals surface area (Å²) in [4.78, 5) is 29.4. The van der Waals surface area contributed by atoms with Crippen LogP contribution in [-0.4, -0.2) is 67.5 Å². The molecule has 1 N–H and O–H groups in total. The van der Waals surface area contributed by atoms with E-state index in [9.17, 15) is 9.59 Å². The summed E-state index contributed by atoms with van der Waals surface area (Å²) in [5.74, 6) is 2.66. The molecule has 2 amide bonds. The normalized spacial score (nSPS) is 20.1. The Morgan fingerprint density at radius 1 is 1.03 bits per heavy atom. The zero-order valence-electron chi connectivity index (χ0n) is 18.1. The number of carbonyl (C=O) groups is 2.